The van der Waals surface area contributed by atoms with Crippen molar-refractivity contribution in [1.82, 2.24) is 20.5 Å². The van der Waals surface area contributed by atoms with Crippen LogP contribution in [-0.4, -0.2) is 66.9 Å². The minimum Gasteiger partial charge on any atom is -0.361 e. The molecule has 3 aromatic rings. The molecule has 8 nitrogen and oxygen atoms in total. The van der Waals surface area contributed by atoms with Gasteiger partial charge in [0.1, 0.15) is 12.1 Å². The Balaban J connectivity index is 1.51. The minimum atomic E-state index is -0.833. The van der Waals surface area contributed by atoms with E-state index < -0.39 is 12.1 Å². The lowest BCUT2D eigenvalue weighted by molar-refractivity contribution is -0.130. The minimum absolute atomic E-state index is 0.147. The van der Waals surface area contributed by atoms with Gasteiger partial charge in [0, 0.05) is 53.2 Å². The molecule has 38 heavy (non-hydrogen) atoms. The molecule has 5 rings (SSSR count). The fourth-order valence-electron chi connectivity index (χ4n) is 5.84. The highest BCUT2D eigenvalue weighted by atomic mass is 35.5. The van der Waals surface area contributed by atoms with E-state index in [1.807, 2.05) is 68.5 Å². The number of rotatable bonds is 7. The lowest BCUT2D eigenvalue weighted by Crippen LogP contribution is -2.56. The number of para-hydroxylation sites is 1. The largest absolute Gasteiger partial charge is 0.361 e. The van der Waals surface area contributed by atoms with E-state index in [9.17, 15) is 14.4 Å². The molecule has 0 saturated carbocycles. The summed E-state index contributed by atoms with van der Waals surface area (Å²) in [6.45, 7) is 3.33. The Hall–Kier alpha value is -3.36. The van der Waals surface area contributed by atoms with E-state index >= 15 is 0 Å². The number of halogens is 1. The molecule has 3 heterocycles. The van der Waals surface area contributed by atoms with Gasteiger partial charge in [-0.3, -0.25) is 14.4 Å². The molecule has 2 aliphatic heterocycles. The summed E-state index contributed by atoms with van der Waals surface area (Å²) in [4.78, 5) is 46.8. The molecule has 1 aromatic heterocycles. The fourth-order valence-corrected chi connectivity index (χ4v) is 6.04. The van der Waals surface area contributed by atoms with Crippen molar-refractivity contribution in [2.75, 3.05) is 32.1 Å². The second kappa shape index (κ2) is 10.8. The van der Waals surface area contributed by atoms with Gasteiger partial charge in [-0.25, -0.2) is 0 Å². The number of hydrogen-bond donors (Lipinski definition) is 3. The third-order valence-electron chi connectivity index (χ3n) is 7.66. The van der Waals surface area contributed by atoms with Crippen LogP contribution in [-0.2, 0) is 20.8 Å². The normalized spacial score (nSPS) is 20.8. The third kappa shape index (κ3) is 5.28. The molecule has 3 amide bonds. The molecule has 2 aromatic carbocycles. The van der Waals surface area contributed by atoms with Crippen molar-refractivity contribution < 1.29 is 14.4 Å². The molecule has 2 unspecified atom stereocenters. The molecular weight excluding hydrogens is 502 g/mol. The van der Waals surface area contributed by atoms with Crippen molar-refractivity contribution in [3.63, 3.8) is 0 Å². The van der Waals surface area contributed by atoms with Crippen LogP contribution < -0.4 is 15.5 Å². The van der Waals surface area contributed by atoms with Gasteiger partial charge in [-0.05, 0) is 68.2 Å². The number of nitrogens with one attached hydrogen (secondary N) is 3. The molecule has 0 radical (unpaired) electrons. The standard InChI is InChI=1S/C29H34ClN5O3/c1-17(22-14-31-23-7-5-4-6-21(22)23)27(33-28(37)24-9-11-26(36)32-24)29(38)35-16-18(15-34(2)3)12-19-13-20(30)8-10-25(19)35/h4-8,10,13-14,17-18,24,27,31H,9,11-12,15-16H2,1-3H3,(H,32,36)(H,33,37)/t17?,18-,24-,27?/m1/s1. The predicted octanol–water partition coefficient (Wildman–Crippen LogP) is 3.46. The number of nitrogens with zero attached hydrogens (tertiary/aromatic N) is 2. The number of H-pyrrole nitrogens is 1. The Morgan fingerprint density at radius 2 is 2.00 bits per heavy atom. The van der Waals surface area contributed by atoms with Gasteiger partial charge in [-0.15, -0.1) is 0 Å². The lowest BCUT2D eigenvalue weighted by Gasteiger charge is -2.39. The molecule has 1 fully saturated rings. The van der Waals surface area contributed by atoms with Crippen molar-refractivity contribution in [3.05, 3.63) is 64.8 Å². The number of benzene rings is 2. The van der Waals surface area contributed by atoms with Crippen LogP contribution >= 0.6 is 11.6 Å². The van der Waals surface area contributed by atoms with Crippen molar-refractivity contribution in [2.45, 2.75) is 44.2 Å². The summed E-state index contributed by atoms with van der Waals surface area (Å²) in [5, 5.41) is 7.41. The van der Waals surface area contributed by atoms with E-state index in [0.717, 1.165) is 40.7 Å². The van der Waals surface area contributed by atoms with Crippen LogP contribution in [0.1, 0.15) is 36.8 Å². The fraction of sp³-hybridized carbons (Fsp3) is 0.414. The Morgan fingerprint density at radius 3 is 2.74 bits per heavy atom. The molecule has 9 heteroatoms. The van der Waals surface area contributed by atoms with Gasteiger partial charge in [-0.1, -0.05) is 36.7 Å². The maximum Gasteiger partial charge on any atom is 0.250 e. The summed E-state index contributed by atoms with van der Waals surface area (Å²) >= 11 is 6.34. The van der Waals surface area contributed by atoms with Crippen LogP contribution in [0, 0.1) is 5.92 Å². The number of aromatic nitrogens is 1. The first kappa shape index (κ1) is 26.3. The van der Waals surface area contributed by atoms with Gasteiger partial charge in [0.25, 0.3) is 0 Å². The molecule has 0 spiro atoms. The van der Waals surface area contributed by atoms with E-state index in [4.69, 9.17) is 11.6 Å². The highest BCUT2D eigenvalue weighted by Gasteiger charge is 2.39. The summed E-state index contributed by atoms with van der Waals surface area (Å²) in [5.74, 6) is -0.768. The number of hydrogen-bond acceptors (Lipinski definition) is 4. The van der Waals surface area contributed by atoms with Gasteiger partial charge in [0.2, 0.25) is 17.7 Å². The highest BCUT2D eigenvalue weighted by Crippen LogP contribution is 2.35. The van der Waals surface area contributed by atoms with E-state index in [2.05, 4.69) is 20.5 Å². The topological polar surface area (TPSA) is 97.5 Å². The van der Waals surface area contributed by atoms with E-state index in [1.165, 1.54) is 0 Å². The smallest absolute Gasteiger partial charge is 0.250 e. The zero-order valence-corrected chi connectivity index (χ0v) is 22.7. The van der Waals surface area contributed by atoms with Crippen LogP contribution in [0.3, 0.4) is 0 Å². The monoisotopic (exact) mass is 535 g/mol. The Bertz CT molecular complexity index is 1370. The van der Waals surface area contributed by atoms with Crippen molar-refractivity contribution in [3.8, 4) is 0 Å². The van der Waals surface area contributed by atoms with Gasteiger partial charge < -0.3 is 25.4 Å². The van der Waals surface area contributed by atoms with Crippen LogP contribution in [0.25, 0.3) is 10.9 Å². The summed E-state index contributed by atoms with van der Waals surface area (Å²) in [5.41, 5.74) is 3.78. The summed E-state index contributed by atoms with van der Waals surface area (Å²) < 4.78 is 0. The van der Waals surface area contributed by atoms with Crippen molar-refractivity contribution >= 4 is 45.9 Å². The van der Waals surface area contributed by atoms with Crippen molar-refractivity contribution in [2.24, 2.45) is 5.92 Å². The predicted molar refractivity (Wildman–Crippen MR) is 149 cm³/mol. The lowest BCUT2D eigenvalue weighted by atomic mass is 9.88. The van der Waals surface area contributed by atoms with E-state index in [-0.39, 0.29) is 29.6 Å². The maximum atomic E-state index is 14.4. The SMILES string of the molecule is CC(c1c[nH]c2ccccc12)C(NC(=O)[C@H]1CCC(=O)N1)C(=O)N1C[C@@H](CN(C)C)Cc2cc(Cl)ccc21. The molecule has 200 valence electrons. The summed E-state index contributed by atoms with van der Waals surface area (Å²) in [6, 6.07) is 12.1. The van der Waals surface area contributed by atoms with Crippen LogP contribution in [0.15, 0.2) is 48.7 Å². The third-order valence-corrected chi connectivity index (χ3v) is 7.89. The first-order valence-electron chi connectivity index (χ1n) is 13.1. The number of amides is 3. The van der Waals surface area contributed by atoms with E-state index in [0.29, 0.717) is 24.4 Å². The van der Waals surface area contributed by atoms with Crippen LogP contribution in [0.4, 0.5) is 5.69 Å². The molecule has 0 bridgehead atoms. The number of anilines is 1. The highest BCUT2D eigenvalue weighted by molar-refractivity contribution is 6.30. The second-order valence-electron chi connectivity index (χ2n) is 10.8. The number of fused-ring (bicyclic) bond motifs is 2. The molecule has 4 atom stereocenters. The molecule has 0 aliphatic carbocycles. The quantitative estimate of drug-likeness (QED) is 0.431. The van der Waals surface area contributed by atoms with Crippen LogP contribution in [0.2, 0.25) is 5.02 Å². The molecule has 1 saturated heterocycles. The van der Waals surface area contributed by atoms with Gasteiger partial charge in [-0.2, -0.15) is 0 Å². The number of carbonyl (C=O) groups excluding carboxylic acids is 3. The zero-order chi connectivity index (χ0) is 27.0. The van der Waals surface area contributed by atoms with Gasteiger partial charge in [0.15, 0.2) is 0 Å². The molecular formula is C29H34ClN5O3. The Morgan fingerprint density at radius 1 is 1.21 bits per heavy atom. The zero-order valence-electron chi connectivity index (χ0n) is 22.0. The van der Waals surface area contributed by atoms with E-state index in [1.54, 1.807) is 6.07 Å². The summed E-state index contributed by atoms with van der Waals surface area (Å²) in [6.07, 6.45) is 3.46. The number of aromatic amines is 1. The number of carbonyl (C=O) groups is 3. The maximum absolute atomic E-state index is 14.4. The second-order valence-corrected chi connectivity index (χ2v) is 11.2. The molecule has 3 N–H and O–H groups in total. The van der Waals surface area contributed by atoms with Gasteiger partial charge >= 0.3 is 0 Å². The first-order valence-corrected chi connectivity index (χ1v) is 13.5. The average Bonchev–Trinajstić information content (AvgIpc) is 3.52. The van der Waals surface area contributed by atoms with Gasteiger partial charge in [0.05, 0.1) is 0 Å². The van der Waals surface area contributed by atoms with Crippen LogP contribution in [0.5, 0.6) is 0 Å². The first-order chi connectivity index (χ1) is 18.2. The van der Waals surface area contributed by atoms with Crippen molar-refractivity contribution in [1.29, 1.82) is 0 Å². The Labute approximate surface area is 227 Å². The summed E-state index contributed by atoms with van der Waals surface area (Å²) in [7, 11) is 4.05. The average molecular weight is 536 g/mol. The Kier molecular flexibility index (Phi) is 7.45. The molecule has 2 aliphatic rings.